The van der Waals surface area contributed by atoms with E-state index in [-0.39, 0.29) is 5.78 Å². The van der Waals surface area contributed by atoms with Crippen LogP contribution >= 0.6 is 11.6 Å². The van der Waals surface area contributed by atoms with Crippen molar-refractivity contribution in [1.82, 2.24) is 0 Å². The lowest BCUT2D eigenvalue weighted by Gasteiger charge is -2.04. The molecular weight excluding hydrogens is 220 g/mol. The number of carbonyl (C=O) groups is 1. The second-order valence-electron chi connectivity index (χ2n) is 3.65. The molecule has 2 aromatic rings. The first-order valence-electron chi connectivity index (χ1n) is 5.04. The highest BCUT2D eigenvalue weighted by molar-refractivity contribution is 6.31. The van der Waals surface area contributed by atoms with E-state index in [0.717, 1.165) is 11.1 Å². The standard InChI is InChI=1S/C14H11ClO/c1-10(16)12-7-13(9-14(15)8-12)11-5-3-2-4-6-11/h2-9H,1H3. The Hall–Kier alpha value is -1.60. The van der Waals surface area contributed by atoms with Crippen molar-refractivity contribution in [2.45, 2.75) is 6.92 Å². The van der Waals surface area contributed by atoms with Crippen molar-refractivity contribution in [3.8, 4) is 11.1 Å². The second kappa shape index (κ2) is 4.50. The van der Waals surface area contributed by atoms with Crippen molar-refractivity contribution in [3.63, 3.8) is 0 Å². The van der Waals surface area contributed by atoms with Crippen LogP contribution in [0.4, 0.5) is 0 Å². The Labute approximate surface area is 99.7 Å². The Balaban J connectivity index is 2.54. The molecule has 0 saturated heterocycles. The molecule has 0 fully saturated rings. The average molecular weight is 231 g/mol. The molecule has 0 aliphatic rings. The smallest absolute Gasteiger partial charge is 0.159 e. The summed E-state index contributed by atoms with van der Waals surface area (Å²) in [7, 11) is 0. The molecule has 0 N–H and O–H groups in total. The molecule has 2 aromatic carbocycles. The molecule has 0 unspecified atom stereocenters. The molecule has 0 bridgehead atoms. The maximum atomic E-state index is 11.3. The van der Waals surface area contributed by atoms with Crippen molar-refractivity contribution in [2.75, 3.05) is 0 Å². The molecule has 0 aliphatic heterocycles. The van der Waals surface area contributed by atoms with Gasteiger partial charge in [-0.2, -0.15) is 0 Å². The van der Waals surface area contributed by atoms with Gasteiger partial charge in [-0.05, 0) is 36.2 Å². The van der Waals surface area contributed by atoms with Crippen molar-refractivity contribution < 1.29 is 4.79 Å². The van der Waals surface area contributed by atoms with Gasteiger partial charge in [-0.15, -0.1) is 0 Å². The lowest BCUT2D eigenvalue weighted by Crippen LogP contribution is -1.92. The molecule has 0 aromatic heterocycles. The fourth-order valence-corrected chi connectivity index (χ4v) is 1.83. The van der Waals surface area contributed by atoms with Gasteiger partial charge in [0.1, 0.15) is 0 Å². The lowest BCUT2D eigenvalue weighted by atomic mass is 10.0. The number of Topliss-reactive ketones (excluding diaryl/α,β-unsaturated/α-hetero) is 1. The first kappa shape index (κ1) is 10.9. The van der Waals surface area contributed by atoms with Crippen LogP contribution in [0.25, 0.3) is 11.1 Å². The van der Waals surface area contributed by atoms with Gasteiger partial charge >= 0.3 is 0 Å². The number of hydrogen-bond acceptors (Lipinski definition) is 1. The average Bonchev–Trinajstić information content (AvgIpc) is 2.29. The maximum absolute atomic E-state index is 11.3. The van der Waals surface area contributed by atoms with Gasteiger partial charge in [0.05, 0.1) is 0 Å². The van der Waals surface area contributed by atoms with E-state index in [1.807, 2.05) is 42.5 Å². The molecular formula is C14H11ClO. The van der Waals surface area contributed by atoms with Gasteiger partial charge in [0.15, 0.2) is 5.78 Å². The largest absolute Gasteiger partial charge is 0.295 e. The summed E-state index contributed by atoms with van der Waals surface area (Å²) < 4.78 is 0. The minimum atomic E-state index is 0.0275. The van der Waals surface area contributed by atoms with Gasteiger partial charge in [-0.25, -0.2) is 0 Å². The Bertz CT molecular complexity index is 518. The van der Waals surface area contributed by atoms with Crippen LogP contribution in [0.1, 0.15) is 17.3 Å². The van der Waals surface area contributed by atoms with E-state index < -0.39 is 0 Å². The van der Waals surface area contributed by atoms with Gasteiger partial charge in [-0.1, -0.05) is 41.9 Å². The second-order valence-corrected chi connectivity index (χ2v) is 4.09. The lowest BCUT2D eigenvalue weighted by molar-refractivity contribution is 0.101. The Morgan fingerprint density at radius 3 is 2.31 bits per heavy atom. The molecule has 80 valence electrons. The Kier molecular flexibility index (Phi) is 3.07. The van der Waals surface area contributed by atoms with Crippen molar-refractivity contribution in [2.24, 2.45) is 0 Å². The third-order valence-corrected chi connectivity index (χ3v) is 2.63. The summed E-state index contributed by atoms with van der Waals surface area (Å²) in [5, 5.41) is 0.589. The van der Waals surface area contributed by atoms with Crippen molar-refractivity contribution in [1.29, 1.82) is 0 Å². The van der Waals surface area contributed by atoms with Crippen LogP contribution in [0, 0.1) is 0 Å². The predicted molar refractivity (Wildman–Crippen MR) is 66.9 cm³/mol. The summed E-state index contributed by atoms with van der Waals surface area (Å²) in [6, 6.07) is 15.3. The normalized spacial score (nSPS) is 10.1. The van der Waals surface area contributed by atoms with Gasteiger partial charge in [0.2, 0.25) is 0 Å². The summed E-state index contributed by atoms with van der Waals surface area (Å²) in [5.74, 6) is 0.0275. The molecule has 1 nitrogen and oxygen atoms in total. The van der Waals surface area contributed by atoms with Crippen molar-refractivity contribution >= 4 is 17.4 Å². The molecule has 2 rings (SSSR count). The monoisotopic (exact) mass is 230 g/mol. The van der Waals surface area contributed by atoms with E-state index in [1.54, 1.807) is 13.0 Å². The molecule has 0 aliphatic carbocycles. The summed E-state index contributed by atoms with van der Waals surface area (Å²) >= 11 is 5.99. The van der Waals surface area contributed by atoms with Crippen LogP contribution in [-0.4, -0.2) is 5.78 Å². The first-order chi connectivity index (χ1) is 7.66. The van der Waals surface area contributed by atoms with Crippen LogP contribution < -0.4 is 0 Å². The van der Waals surface area contributed by atoms with E-state index in [0.29, 0.717) is 10.6 Å². The van der Waals surface area contributed by atoms with Gasteiger partial charge in [-0.3, -0.25) is 4.79 Å². The van der Waals surface area contributed by atoms with E-state index in [9.17, 15) is 4.79 Å². The number of carbonyl (C=O) groups excluding carboxylic acids is 1. The Morgan fingerprint density at radius 1 is 1.00 bits per heavy atom. The SMILES string of the molecule is CC(=O)c1cc(Cl)cc(-c2ccccc2)c1. The molecule has 0 atom stereocenters. The number of hydrogen-bond donors (Lipinski definition) is 0. The summed E-state index contributed by atoms with van der Waals surface area (Å²) in [6.07, 6.45) is 0. The fraction of sp³-hybridized carbons (Fsp3) is 0.0714. The molecule has 16 heavy (non-hydrogen) atoms. The number of ketones is 1. The summed E-state index contributed by atoms with van der Waals surface area (Å²) in [4.78, 5) is 11.3. The van der Waals surface area contributed by atoms with Crippen molar-refractivity contribution in [3.05, 3.63) is 59.1 Å². The number of benzene rings is 2. The summed E-state index contributed by atoms with van der Waals surface area (Å²) in [5.41, 5.74) is 2.68. The highest BCUT2D eigenvalue weighted by atomic mass is 35.5. The van der Waals surface area contributed by atoms with Crippen LogP contribution in [0.3, 0.4) is 0 Å². The molecule has 0 amide bonds. The van der Waals surface area contributed by atoms with E-state index in [4.69, 9.17) is 11.6 Å². The third-order valence-electron chi connectivity index (χ3n) is 2.41. The molecule has 0 radical (unpaired) electrons. The van der Waals surface area contributed by atoms with Crippen LogP contribution in [0.5, 0.6) is 0 Å². The predicted octanol–water partition coefficient (Wildman–Crippen LogP) is 4.21. The van der Waals surface area contributed by atoms with Crippen LogP contribution in [-0.2, 0) is 0 Å². The number of halogens is 1. The molecule has 0 heterocycles. The molecule has 2 heteroatoms. The van der Waals surface area contributed by atoms with E-state index >= 15 is 0 Å². The highest BCUT2D eigenvalue weighted by Gasteiger charge is 2.04. The quantitative estimate of drug-likeness (QED) is 0.707. The zero-order valence-corrected chi connectivity index (χ0v) is 9.66. The van der Waals surface area contributed by atoms with E-state index in [1.165, 1.54) is 0 Å². The molecule has 0 spiro atoms. The minimum Gasteiger partial charge on any atom is -0.295 e. The van der Waals surface area contributed by atoms with Gasteiger partial charge in [0, 0.05) is 10.6 Å². The topological polar surface area (TPSA) is 17.1 Å². The van der Waals surface area contributed by atoms with E-state index in [2.05, 4.69) is 0 Å². The fourth-order valence-electron chi connectivity index (χ4n) is 1.59. The van der Waals surface area contributed by atoms with Gasteiger partial charge < -0.3 is 0 Å². The third kappa shape index (κ3) is 2.31. The Morgan fingerprint density at radius 2 is 1.69 bits per heavy atom. The first-order valence-corrected chi connectivity index (χ1v) is 5.41. The van der Waals surface area contributed by atoms with Crippen LogP contribution in [0.15, 0.2) is 48.5 Å². The van der Waals surface area contributed by atoms with Crippen LogP contribution in [0.2, 0.25) is 5.02 Å². The van der Waals surface area contributed by atoms with Gasteiger partial charge in [0.25, 0.3) is 0 Å². The maximum Gasteiger partial charge on any atom is 0.159 e. The number of rotatable bonds is 2. The summed E-state index contributed by atoms with van der Waals surface area (Å²) in [6.45, 7) is 1.54. The zero-order chi connectivity index (χ0) is 11.5. The molecule has 0 saturated carbocycles. The minimum absolute atomic E-state index is 0.0275. The zero-order valence-electron chi connectivity index (χ0n) is 8.91. The highest BCUT2D eigenvalue weighted by Crippen LogP contribution is 2.24.